The van der Waals surface area contributed by atoms with Gasteiger partial charge in [0.05, 0.1) is 5.01 Å². The Kier molecular flexibility index (Phi) is 9.39. The minimum Gasteiger partial charge on any atom is -0.356 e. The average Bonchev–Trinajstić information content (AvgIpc) is 2.79. The first-order valence-electron chi connectivity index (χ1n) is 6.88. The second-order valence-electron chi connectivity index (χ2n) is 5.67. The number of halogens is 1. The van der Waals surface area contributed by atoms with Crippen LogP contribution in [0.15, 0.2) is 11.2 Å². The van der Waals surface area contributed by atoms with Crippen molar-refractivity contribution in [2.75, 3.05) is 34.2 Å². The van der Waals surface area contributed by atoms with E-state index in [4.69, 9.17) is 0 Å². The molecule has 0 spiro atoms. The Labute approximate surface area is 149 Å². The predicted molar refractivity (Wildman–Crippen MR) is 103 cm³/mol. The van der Waals surface area contributed by atoms with Crippen LogP contribution in [0.4, 0.5) is 0 Å². The molecule has 5 nitrogen and oxygen atoms in total. The van der Waals surface area contributed by atoms with Crippen LogP contribution in [0.1, 0.15) is 23.7 Å². The van der Waals surface area contributed by atoms with Gasteiger partial charge in [0.25, 0.3) is 0 Å². The summed E-state index contributed by atoms with van der Waals surface area (Å²) < 4.78 is 0. The second-order valence-corrected chi connectivity index (χ2v) is 6.99. The van der Waals surface area contributed by atoms with Crippen LogP contribution in [0.5, 0.6) is 0 Å². The highest BCUT2D eigenvalue weighted by Crippen LogP contribution is 2.11. The summed E-state index contributed by atoms with van der Waals surface area (Å²) in [4.78, 5) is 12.1. The molecule has 0 aliphatic rings. The lowest BCUT2D eigenvalue weighted by Gasteiger charge is -2.33. The molecule has 1 aromatic heterocycles. The summed E-state index contributed by atoms with van der Waals surface area (Å²) in [6.45, 7) is 8.17. The summed E-state index contributed by atoms with van der Waals surface area (Å²) in [7, 11) is 5.97. The summed E-state index contributed by atoms with van der Waals surface area (Å²) in [6, 6.07) is 0. The number of guanidine groups is 1. The number of hydrogen-bond donors (Lipinski definition) is 2. The standard InChI is InChI=1S/C14H27N5S.HI/c1-11-9-17-12(20-11)7-8-16-13(15-4)18-10-14(2,3)19(5)6;/h9H,7-8,10H2,1-6H3,(H2,15,16,18);1H. The molecular formula is C14H28IN5S. The van der Waals surface area contributed by atoms with Gasteiger partial charge in [-0.2, -0.15) is 0 Å². The Morgan fingerprint density at radius 2 is 2.05 bits per heavy atom. The molecule has 122 valence electrons. The monoisotopic (exact) mass is 425 g/mol. The summed E-state index contributed by atoms with van der Waals surface area (Å²) in [6.07, 6.45) is 2.85. The van der Waals surface area contributed by atoms with Gasteiger partial charge in [0.1, 0.15) is 0 Å². The van der Waals surface area contributed by atoms with Crippen molar-refractivity contribution in [1.29, 1.82) is 0 Å². The van der Waals surface area contributed by atoms with Crippen LogP contribution < -0.4 is 10.6 Å². The largest absolute Gasteiger partial charge is 0.356 e. The van der Waals surface area contributed by atoms with Crippen LogP contribution in [0, 0.1) is 6.92 Å². The maximum atomic E-state index is 4.36. The first kappa shape index (κ1) is 20.6. The average molecular weight is 425 g/mol. The summed E-state index contributed by atoms with van der Waals surface area (Å²) in [5, 5.41) is 7.85. The van der Waals surface area contributed by atoms with Crippen LogP contribution in [0.25, 0.3) is 0 Å². The van der Waals surface area contributed by atoms with E-state index in [1.54, 1.807) is 18.4 Å². The van der Waals surface area contributed by atoms with Gasteiger partial charge >= 0.3 is 0 Å². The van der Waals surface area contributed by atoms with Gasteiger partial charge in [-0.05, 0) is 34.9 Å². The molecular weight excluding hydrogens is 397 g/mol. The zero-order chi connectivity index (χ0) is 15.2. The third-order valence-corrected chi connectivity index (χ3v) is 4.40. The fourth-order valence-corrected chi connectivity index (χ4v) is 2.27. The molecule has 0 saturated heterocycles. The van der Waals surface area contributed by atoms with Crippen molar-refractivity contribution in [3.8, 4) is 0 Å². The molecule has 0 amide bonds. The molecule has 0 fully saturated rings. The number of aryl methyl sites for hydroxylation is 1. The van der Waals surface area contributed by atoms with E-state index in [-0.39, 0.29) is 29.5 Å². The van der Waals surface area contributed by atoms with E-state index >= 15 is 0 Å². The Morgan fingerprint density at radius 3 is 2.52 bits per heavy atom. The number of aromatic nitrogens is 1. The lowest BCUT2D eigenvalue weighted by Crippen LogP contribution is -2.51. The molecule has 2 N–H and O–H groups in total. The van der Waals surface area contributed by atoms with Crippen molar-refractivity contribution >= 4 is 41.3 Å². The van der Waals surface area contributed by atoms with Crippen LogP contribution in [0.3, 0.4) is 0 Å². The quantitative estimate of drug-likeness (QED) is 0.417. The van der Waals surface area contributed by atoms with E-state index in [2.05, 4.69) is 60.4 Å². The molecule has 1 rings (SSSR count). The van der Waals surface area contributed by atoms with E-state index in [1.807, 2.05) is 6.20 Å². The molecule has 0 unspecified atom stereocenters. The van der Waals surface area contributed by atoms with E-state index < -0.39 is 0 Å². The van der Waals surface area contributed by atoms with Crippen molar-refractivity contribution in [1.82, 2.24) is 20.5 Å². The SMILES string of the molecule is CN=C(NCCc1ncc(C)s1)NCC(C)(C)N(C)C.I. The molecule has 1 aromatic rings. The van der Waals surface area contributed by atoms with Gasteiger partial charge in [0, 0.05) is 43.2 Å². The maximum absolute atomic E-state index is 4.36. The molecule has 7 heteroatoms. The van der Waals surface area contributed by atoms with Crippen LogP contribution in [0.2, 0.25) is 0 Å². The number of hydrogen-bond acceptors (Lipinski definition) is 4. The van der Waals surface area contributed by atoms with Crippen molar-refractivity contribution in [2.45, 2.75) is 32.7 Å². The second kappa shape index (κ2) is 9.58. The third kappa shape index (κ3) is 7.42. The Bertz CT molecular complexity index is 442. The zero-order valence-electron chi connectivity index (χ0n) is 13.9. The van der Waals surface area contributed by atoms with Gasteiger partial charge in [0.15, 0.2) is 5.96 Å². The fraction of sp³-hybridized carbons (Fsp3) is 0.714. The van der Waals surface area contributed by atoms with Crippen molar-refractivity contribution in [3.63, 3.8) is 0 Å². The van der Waals surface area contributed by atoms with Crippen molar-refractivity contribution < 1.29 is 0 Å². The predicted octanol–water partition coefficient (Wildman–Crippen LogP) is 2.12. The number of nitrogens with one attached hydrogen (secondary N) is 2. The number of nitrogens with zero attached hydrogens (tertiary/aromatic N) is 3. The molecule has 0 radical (unpaired) electrons. The normalized spacial score (nSPS) is 12.2. The van der Waals surface area contributed by atoms with Crippen molar-refractivity contribution in [2.24, 2.45) is 4.99 Å². The van der Waals surface area contributed by atoms with Crippen molar-refractivity contribution in [3.05, 3.63) is 16.1 Å². The molecule has 0 bridgehead atoms. The summed E-state index contributed by atoms with van der Waals surface area (Å²) in [5.74, 6) is 0.841. The van der Waals surface area contributed by atoms with Gasteiger partial charge < -0.3 is 15.5 Å². The highest BCUT2D eigenvalue weighted by Gasteiger charge is 2.20. The van der Waals surface area contributed by atoms with E-state index in [9.17, 15) is 0 Å². The smallest absolute Gasteiger partial charge is 0.191 e. The topological polar surface area (TPSA) is 52.6 Å². The van der Waals surface area contributed by atoms with Gasteiger partial charge in [-0.25, -0.2) is 4.98 Å². The molecule has 0 aromatic carbocycles. The molecule has 1 heterocycles. The Balaban J connectivity index is 0.00000400. The fourth-order valence-electron chi connectivity index (χ4n) is 1.48. The van der Waals surface area contributed by atoms with E-state index in [0.29, 0.717) is 0 Å². The number of aliphatic imine (C=N–C) groups is 1. The number of thiazole rings is 1. The first-order valence-corrected chi connectivity index (χ1v) is 7.70. The number of likely N-dealkylation sites (N-methyl/N-ethyl adjacent to an activating group) is 1. The minimum absolute atomic E-state index is 0. The van der Waals surface area contributed by atoms with E-state index in [1.165, 1.54) is 9.88 Å². The third-order valence-electron chi connectivity index (χ3n) is 3.42. The molecule has 21 heavy (non-hydrogen) atoms. The molecule has 0 atom stereocenters. The maximum Gasteiger partial charge on any atom is 0.191 e. The summed E-state index contributed by atoms with van der Waals surface area (Å²) in [5.41, 5.74) is 0.0873. The van der Waals surface area contributed by atoms with Gasteiger partial charge in [0.2, 0.25) is 0 Å². The lowest BCUT2D eigenvalue weighted by molar-refractivity contribution is 0.197. The first-order chi connectivity index (χ1) is 9.35. The van der Waals surface area contributed by atoms with E-state index in [0.717, 1.165) is 25.5 Å². The Hall–Kier alpha value is -0.410. The Morgan fingerprint density at radius 1 is 1.38 bits per heavy atom. The molecule has 0 aliphatic carbocycles. The number of rotatable bonds is 6. The highest BCUT2D eigenvalue weighted by atomic mass is 127. The zero-order valence-corrected chi connectivity index (χ0v) is 17.0. The highest BCUT2D eigenvalue weighted by molar-refractivity contribution is 14.0. The van der Waals surface area contributed by atoms with Gasteiger partial charge in [-0.15, -0.1) is 35.3 Å². The summed E-state index contributed by atoms with van der Waals surface area (Å²) >= 11 is 1.75. The molecule has 0 aliphatic heterocycles. The van der Waals surface area contributed by atoms with Gasteiger partial charge in [-0.3, -0.25) is 4.99 Å². The van der Waals surface area contributed by atoms with Crippen LogP contribution in [-0.2, 0) is 6.42 Å². The lowest BCUT2D eigenvalue weighted by atomic mass is 10.0. The van der Waals surface area contributed by atoms with Gasteiger partial charge in [-0.1, -0.05) is 0 Å². The van der Waals surface area contributed by atoms with Crippen LogP contribution >= 0.6 is 35.3 Å². The van der Waals surface area contributed by atoms with Crippen LogP contribution in [-0.4, -0.2) is 55.6 Å². The molecule has 0 saturated carbocycles. The minimum atomic E-state index is 0.